The average Bonchev–Trinajstić information content (AvgIpc) is 2.45. The molecule has 0 aliphatic heterocycles. The minimum Gasteiger partial charge on any atom is -0.409 e. The van der Waals surface area contributed by atoms with Gasteiger partial charge in [-0.15, -0.1) is 0 Å². The Labute approximate surface area is 119 Å². The van der Waals surface area contributed by atoms with Crippen LogP contribution in [0, 0.1) is 0 Å². The normalized spacial score (nSPS) is 15.4. The van der Waals surface area contributed by atoms with Crippen LogP contribution in [0.1, 0.15) is 36.2 Å². The van der Waals surface area contributed by atoms with Crippen molar-refractivity contribution in [2.24, 2.45) is 10.9 Å². The van der Waals surface area contributed by atoms with Crippen molar-refractivity contribution in [3.63, 3.8) is 0 Å². The van der Waals surface area contributed by atoms with Gasteiger partial charge >= 0.3 is 6.18 Å². The van der Waals surface area contributed by atoms with Gasteiger partial charge < -0.3 is 16.3 Å². The molecule has 5 nitrogen and oxygen atoms in total. The van der Waals surface area contributed by atoms with Gasteiger partial charge in [-0.05, 0) is 31.5 Å². The molecule has 116 valence electrons. The maximum Gasteiger partial charge on any atom is 0.416 e. The molecule has 0 bridgehead atoms. The topological polar surface area (TPSA) is 87.7 Å². The molecule has 0 fully saturated rings. The second kappa shape index (κ2) is 6.02. The Morgan fingerprint density at radius 2 is 2.05 bits per heavy atom. The minimum absolute atomic E-state index is 0.157. The summed E-state index contributed by atoms with van der Waals surface area (Å²) in [4.78, 5) is 12.0. The first kappa shape index (κ1) is 16.8. The molecule has 8 heteroatoms. The summed E-state index contributed by atoms with van der Waals surface area (Å²) in [5.74, 6) is -0.970. The molecule has 0 saturated heterocycles. The Balaban J connectivity index is 3.05. The number of amidine groups is 1. The lowest BCUT2D eigenvalue weighted by Gasteiger charge is -2.28. The van der Waals surface area contributed by atoms with Crippen molar-refractivity contribution in [2.75, 3.05) is 0 Å². The van der Waals surface area contributed by atoms with Crippen LogP contribution in [0.3, 0.4) is 0 Å². The molecule has 4 N–H and O–H groups in total. The maximum absolute atomic E-state index is 12.6. The van der Waals surface area contributed by atoms with Gasteiger partial charge in [-0.3, -0.25) is 4.79 Å². The highest BCUT2D eigenvalue weighted by atomic mass is 19.4. The first-order valence-corrected chi connectivity index (χ1v) is 6.12. The fourth-order valence-corrected chi connectivity index (χ4v) is 1.60. The van der Waals surface area contributed by atoms with E-state index < -0.39 is 23.2 Å². The summed E-state index contributed by atoms with van der Waals surface area (Å²) in [5, 5.41) is 14.0. The second-order valence-corrected chi connectivity index (χ2v) is 4.70. The quantitative estimate of drug-likeness (QED) is 0.345. The molecule has 1 unspecified atom stereocenters. The van der Waals surface area contributed by atoms with Crippen LogP contribution in [0.2, 0.25) is 0 Å². The molecule has 0 radical (unpaired) electrons. The maximum atomic E-state index is 12.6. The van der Waals surface area contributed by atoms with Crippen molar-refractivity contribution in [2.45, 2.75) is 32.0 Å². The predicted molar refractivity (Wildman–Crippen MR) is 71.0 cm³/mol. The molecule has 1 amide bonds. The first-order valence-electron chi connectivity index (χ1n) is 6.12. The Morgan fingerprint density at radius 1 is 1.43 bits per heavy atom. The molecular formula is C13H16F3N3O2. The van der Waals surface area contributed by atoms with Gasteiger partial charge in [-0.25, -0.2) is 0 Å². The zero-order valence-electron chi connectivity index (χ0n) is 11.5. The van der Waals surface area contributed by atoms with E-state index in [4.69, 9.17) is 10.9 Å². The summed E-state index contributed by atoms with van der Waals surface area (Å²) in [6.07, 6.45) is -4.23. The first-order chi connectivity index (χ1) is 9.64. The number of nitrogens with one attached hydrogen (secondary N) is 1. The number of carbonyl (C=O) groups excluding carboxylic acids is 1. The minimum atomic E-state index is -4.53. The van der Waals surface area contributed by atoms with Crippen LogP contribution >= 0.6 is 0 Å². The third-order valence-electron chi connectivity index (χ3n) is 3.22. The van der Waals surface area contributed by atoms with Gasteiger partial charge in [0.2, 0.25) is 0 Å². The van der Waals surface area contributed by atoms with Crippen LogP contribution in [0.4, 0.5) is 13.2 Å². The zero-order valence-corrected chi connectivity index (χ0v) is 11.5. The van der Waals surface area contributed by atoms with E-state index in [0.717, 1.165) is 18.2 Å². The van der Waals surface area contributed by atoms with Crippen molar-refractivity contribution >= 4 is 11.7 Å². The number of hydrogen-bond donors (Lipinski definition) is 3. The van der Waals surface area contributed by atoms with E-state index in [1.807, 2.05) is 0 Å². The molecule has 0 spiro atoms. The van der Waals surface area contributed by atoms with Crippen molar-refractivity contribution in [3.8, 4) is 0 Å². The fourth-order valence-electron chi connectivity index (χ4n) is 1.60. The molecule has 1 atom stereocenters. The second-order valence-electron chi connectivity index (χ2n) is 4.70. The monoisotopic (exact) mass is 303 g/mol. The van der Waals surface area contributed by atoms with Gasteiger partial charge in [0.05, 0.1) is 11.1 Å². The summed E-state index contributed by atoms with van der Waals surface area (Å²) in [5.41, 5.74) is 3.26. The van der Waals surface area contributed by atoms with Gasteiger partial charge in [-0.1, -0.05) is 18.1 Å². The lowest BCUT2D eigenvalue weighted by atomic mass is 9.96. The zero-order chi connectivity index (χ0) is 16.3. The number of nitrogens with zero attached hydrogens (tertiary/aromatic N) is 1. The van der Waals surface area contributed by atoms with Crippen LogP contribution in [0.25, 0.3) is 0 Å². The summed E-state index contributed by atoms with van der Waals surface area (Å²) in [6.45, 7) is 3.19. The summed E-state index contributed by atoms with van der Waals surface area (Å²) >= 11 is 0. The third kappa shape index (κ3) is 3.87. The van der Waals surface area contributed by atoms with E-state index in [9.17, 15) is 18.0 Å². The van der Waals surface area contributed by atoms with E-state index in [1.165, 1.54) is 13.0 Å². The van der Waals surface area contributed by atoms with E-state index >= 15 is 0 Å². The molecule has 0 aromatic heterocycles. The number of amides is 1. The standard InChI is InChI=1S/C13H16F3N3O2/c1-3-12(2,11(17)19-21)18-10(20)8-5-4-6-9(7-8)13(14,15)16/h4-7,21H,3H2,1-2H3,(H2,17,19)(H,18,20). The van der Waals surface area contributed by atoms with E-state index in [1.54, 1.807) is 6.92 Å². The molecule has 1 rings (SSSR count). The lowest BCUT2D eigenvalue weighted by Crippen LogP contribution is -2.55. The van der Waals surface area contributed by atoms with Crippen molar-refractivity contribution in [1.29, 1.82) is 0 Å². The number of nitrogens with two attached hydrogens (primary N) is 1. The molecule has 0 aliphatic rings. The molecule has 1 aromatic rings. The Morgan fingerprint density at radius 3 is 2.52 bits per heavy atom. The molecule has 21 heavy (non-hydrogen) atoms. The van der Waals surface area contributed by atoms with Gasteiger partial charge in [-0.2, -0.15) is 13.2 Å². The summed E-state index contributed by atoms with van der Waals surface area (Å²) < 4.78 is 37.8. The number of halogens is 3. The van der Waals surface area contributed by atoms with Crippen molar-refractivity contribution < 1.29 is 23.2 Å². The number of alkyl halides is 3. The number of benzene rings is 1. The van der Waals surface area contributed by atoms with Gasteiger partial charge in [0.1, 0.15) is 0 Å². The molecular weight excluding hydrogens is 287 g/mol. The van der Waals surface area contributed by atoms with E-state index in [0.29, 0.717) is 6.42 Å². The van der Waals surface area contributed by atoms with Crippen molar-refractivity contribution in [1.82, 2.24) is 5.32 Å². The molecule has 0 saturated carbocycles. The Hall–Kier alpha value is -2.25. The van der Waals surface area contributed by atoms with E-state index in [2.05, 4.69) is 10.5 Å². The average molecular weight is 303 g/mol. The molecule has 1 aromatic carbocycles. The third-order valence-corrected chi connectivity index (χ3v) is 3.22. The summed E-state index contributed by atoms with van der Waals surface area (Å²) in [6, 6.07) is 4.02. The van der Waals surface area contributed by atoms with Crippen LogP contribution in [0.15, 0.2) is 29.4 Å². The number of oxime groups is 1. The number of carbonyl (C=O) groups is 1. The Kier molecular flexibility index (Phi) is 4.82. The number of hydrogen-bond acceptors (Lipinski definition) is 3. The molecule has 0 heterocycles. The lowest BCUT2D eigenvalue weighted by molar-refractivity contribution is -0.137. The fraction of sp³-hybridized carbons (Fsp3) is 0.385. The smallest absolute Gasteiger partial charge is 0.409 e. The van der Waals surface area contributed by atoms with E-state index in [-0.39, 0.29) is 11.4 Å². The van der Waals surface area contributed by atoms with Crippen LogP contribution in [-0.4, -0.2) is 22.5 Å². The highest BCUT2D eigenvalue weighted by Gasteiger charge is 2.33. The largest absolute Gasteiger partial charge is 0.416 e. The SMILES string of the molecule is CCC(C)(NC(=O)c1cccc(C(F)(F)F)c1)/C(N)=N/O. The van der Waals surface area contributed by atoms with Gasteiger partial charge in [0.25, 0.3) is 5.91 Å². The predicted octanol–water partition coefficient (Wildman–Crippen LogP) is 2.35. The Bertz CT molecular complexity index is 558. The van der Waals surface area contributed by atoms with Crippen LogP contribution in [0.5, 0.6) is 0 Å². The van der Waals surface area contributed by atoms with Crippen LogP contribution in [-0.2, 0) is 6.18 Å². The summed E-state index contributed by atoms with van der Waals surface area (Å²) in [7, 11) is 0. The highest BCUT2D eigenvalue weighted by Crippen LogP contribution is 2.29. The van der Waals surface area contributed by atoms with Crippen LogP contribution < -0.4 is 11.1 Å². The number of rotatable bonds is 4. The van der Waals surface area contributed by atoms with Gasteiger partial charge in [0.15, 0.2) is 5.84 Å². The van der Waals surface area contributed by atoms with Crippen molar-refractivity contribution in [3.05, 3.63) is 35.4 Å². The van der Waals surface area contributed by atoms with Gasteiger partial charge in [0, 0.05) is 5.56 Å². The highest BCUT2D eigenvalue weighted by molar-refractivity contribution is 6.00. The molecule has 0 aliphatic carbocycles.